The van der Waals surface area contributed by atoms with Gasteiger partial charge in [0.2, 0.25) is 5.91 Å². The summed E-state index contributed by atoms with van der Waals surface area (Å²) in [4.78, 5) is 31.1. The summed E-state index contributed by atoms with van der Waals surface area (Å²) >= 11 is 12.6. The van der Waals surface area contributed by atoms with Gasteiger partial charge in [-0.25, -0.2) is 15.6 Å². The summed E-state index contributed by atoms with van der Waals surface area (Å²) in [7, 11) is 0. The first kappa shape index (κ1) is 30.2. The molecule has 9 nitrogen and oxygen atoms in total. The van der Waals surface area contributed by atoms with Gasteiger partial charge in [-0.15, -0.1) is 0 Å². The molecule has 0 unspecified atom stereocenters. The Balaban J connectivity index is 1.21. The van der Waals surface area contributed by atoms with Crippen LogP contribution in [0.25, 0.3) is 0 Å². The number of piperazine rings is 1. The van der Waals surface area contributed by atoms with Crippen LogP contribution in [0.2, 0.25) is 10.0 Å². The van der Waals surface area contributed by atoms with E-state index in [1.165, 1.54) is 4.90 Å². The second-order valence-electron chi connectivity index (χ2n) is 10.7. The van der Waals surface area contributed by atoms with Crippen molar-refractivity contribution in [1.82, 2.24) is 9.91 Å². The third-order valence-corrected chi connectivity index (χ3v) is 7.96. The van der Waals surface area contributed by atoms with Crippen molar-refractivity contribution >= 4 is 46.6 Å². The smallest absolute Gasteiger partial charge is 0.425 e. The van der Waals surface area contributed by atoms with Gasteiger partial charge < -0.3 is 14.4 Å². The first-order chi connectivity index (χ1) is 19.2. The molecular formula is C29H39Cl2N5O4. The molecule has 1 saturated heterocycles. The highest BCUT2D eigenvalue weighted by molar-refractivity contribution is 6.43. The molecule has 1 fully saturated rings. The lowest BCUT2D eigenvalue weighted by Crippen LogP contribution is -2.46. The van der Waals surface area contributed by atoms with E-state index in [4.69, 9.17) is 38.5 Å². The van der Waals surface area contributed by atoms with E-state index >= 15 is 0 Å². The van der Waals surface area contributed by atoms with Gasteiger partial charge in [0.05, 0.1) is 28.0 Å². The minimum Gasteiger partial charge on any atom is -0.494 e. The summed E-state index contributed by atoms with van der Waals surface area (Å²) in [6, 6.07) is 11.5. The zero-order valence-electron chi connectivity index (χ0n) is 23.3. The van der Waals surface area contributed by atoms with E-state index in [1.807, 2.05) is 50.2 Å². The van der Waals surface area contributed by atoms with Gasteiger partial charge in [0.1, 0.15) is 5.75 Å². The number of anilines is 2. The van der Waals surface area contributed by atoms with E-state index in [0.29, 0.717) is 47.5 Å². The van der Waals surface area contributed by atoms with E-state index in [-0.39, 0.29) is 18.6 Å². The highest BCUT2D eigenvalue weighted by atomic mass is 35.5. The highest BCUT2D eigenvalue weighted by Crippen LogP contribution is 2.33. The number of carbonyl (C=O) groups excluding carboxylic acids is 2. The summed E-state index contributed by atoms with van der Waals surface area (Å²) in [5, 5.41) is 2.24. The van der Waals surface area contributed by atoms with Gasteiger partial charge in [-0.2, -0.15) is 0 Å². The molecule has 4 rings (SSSR count). The Bertz CT molecular complexity index is 1170. The second-order valence-corrected chi connectivity index (χ2v) is 11.4. The Morgan fingerprint density at radius 1 is 1.05 bits per heavy atom. The second kappa shape index (κ2) is 14.3. The van der Waals surface area contributed by atoms with Crippen molar-refractivity contribution in [2.75, 3.05) is 62.4 Å². The van der Waals surface area contributed by atoms with E-state index in [0.717, 1.165) is 61.8 Å². The molecule has 0 spiro atoms. The number of ether oxygens (including phenoxy) is 2. The Morgan fingerprint density at radius 2 is 1.82 bits per heavy atom. The number of nitrogens with two attached hydrogens (primary N) is 1. The molecule has 0 radical (unpaired) electrons. The van der Waals surface area contributed by atoms with E-state index in [2.05, 4.69) is 9.80 Å². The molecular weight excluding hydrogens is 553 g/mol. The van der Waals surface area contributed by atoms with Gasteiger partial charge >= 0.3 is 6.09 Å². The SMILES string of the molecule is CC(C)CN(N)C(=O)OCN1C(=O)CCc2ccc(OCCCCN3CCN(c4cccc(Cl)c4Cl)CC3)cc21. The molecule has 0 aliphatic carbocycles. The maximum atomic E-state index is 12.6. The lowest BCUT2D eigenvalue weighted by atomic mass is 10.0. The molecule has 2 N–H and O–H groups in total. The van der Waals surface area contributed by atoms with Gasteiger partial charge in [0.15, 0.2) is 6.73 Å². The lowest BCUT2D eigenvalue weighted by Gasteiger charge is -2.36. The number of rotatable bonds is 11. The number of fused-ring (bicyclic) bond motifs is 1. The first-order valence-electron chi connectivity index (χ1n) is 13.9. The van der Waals surface area contributed by atoms with Crippen LogP contribution in [0.5, 0.6) is 5.75 Å². The molecule has 11 heteroatoms. The average Bonchev–Trinajstić information content (AvgIpc) is 2.93. The molecule has 218 valence electrons. The van der Waals surface area contributed by atoms with Crippen LogP contribution in [-0.4, -0.2) is 74.5 Å². The summed E-state index contributed by atoms with van der Waals surface area (Å²) in [6.45, 7) is 9.47. The van der Waals surface area contributed by atoms with Crippen LogP contribution in [-0.2, 0) is 16.0 Å². The van der Waals surface area contributed by atoms with Gasteiger partial charge in [0, 0.05) is 45.2 Å². The quantitative estimate of drug-likeness (QED) is 0.166. The molecule has 2 aliphatic rings. The van der Waals surface area contributed by atoms with Crippen LogP contribution in [0.15, 0.2) is 36.4 Å². The van der Waals surface area contributed by atoms with Crippen LogP contribution in [0, 0.1) is 5.92 Å². The van der Waals surface area contributed by atoms with Crippen molar-refractivity contribution in [1.29, 1.82) is 0 Å². The largest absolute Gasteiger partial charge is 0.494 e. The maximum Gasteiger partial charge on any atom is 0.425 e. The van der Waals surface area contributed by atoms with Crippen LogP contribution in [0.3, 0.4) is 0 Å². The maximum absolute atomic E-state index is 12.6. The topological polar surface area (TPSA) is 91.6 Å². The zero-order chi connectivity index (χ0) is 28.6. The molecule has 2 aliphatic heterocycles. The number of halogens is 2. The van der Waals surface area contributed by atoms with Crippen LogP contribution in [0.1, 0.15) is 38.7 Å². The Morgan fingerprint density at radius 3 is 2.58 bits per heavy atom. The fourth-order valence-electron chi connectivity index (χ4n) is 5.00. The van der Waals surface area contributed by atoms with Crippen molar-refractivity contribution in [2.24, 2.45) is 11.8 Å². The van der Waals surface area contributed by atoms with E-state index < -0.39 is 6.09 Å². The standard InChI is InChI=1S/C29H39Cl2N5O4/c1-21(2)19-36(32)29(38)40-20-35-26-18-23(10-8-22(26)9-11-27(35)37)39-17-4-3-12-33-13-15-34(16-14-33)25-7-5-6-24(30)28(25)31/h5-8,10,18,21H,3-4,9,11-17,19-20,32H2,1-2H3. The Labute approximate surface area is 246 Å². The van der Waals surface area contributed by atoms with Gasteiger partial charge in [-0.1, -0.05) is 49.2 Å². The number of carbonyl (C=O) groups is 2. The number of hydrogen-bond acceptors (Lipinski definition) is 7. The lowest BCUT2D eigenvalue weighted by molar-refractivity contribution is -0.119. The number of unbranched alkanes of at least 4 members (excludes halogenated alkanes) is 1. The minimum absolute atomic E-state index is 0.0948. The molecule has 0 bridgehead atoms. The van der Waals surface area contributed by atoms with Crippen LogP contribution >= 0.6 is 23.2 Å². The van der Waals surface area contributed by atoms with Crippen LogP contribution < -0.4 is 20.4 Å². The van der Waals surface area contributed by atoms with E-state index in [1.54, 1.807) is 0 Å². The third kappa shape index (κ3) is 7.94. The molecule has 0 saturated carbocycles. The summed E-state index contributed by atoms with van der Waals surface area (Å²) in [5.41, 5.74) is 2.73. The van der Waals surface area contributed by atoms with Gasteiger partial charge in [0.25, 0.3) is 0 Å². The number of aryl methyl sites for hydroxylation is 1. The Hall–Kier alpha value is -2.72. The van der Waals surface area contributed by atoms with Crippen molar-refractivity contribution in [3.8, 4) is 5.75 Å². The number of amides is 2. The fraction of sp³-hybridized carbons (Fsp3) is 0.517. The number of hydrogen-bond donors (Lipinski definition) is 1. The van der Waals surface area contributed by atoms with Crippen molar-refractivity contribution < 1.29 is 19.1 Å². The normalized spacial score (nSPS) is 15.8. The summed E-state index contributed by atoms with van der Waals surface area (Å²) in [5.74, 6) is 6.58. The number of hydrazine groups is 1. The highest BCUT2D eigenvalue weighted by Gasteiger charge is 2.26. The molecule has 2 heterocycles. The zero-order valence-corrected chi connectivity index (χ0v) is 24.8. The predicted octanol–water partition coefficient (Wildman–Crippen LogP) is 5.18. The molecule has 40 heavy (non-hydrogen) atoms. The molecule has 2 aromatic carbocycles. The third-order valence-electron chi connectivity index (χ3n) is 7.15. The number of benzene rings is 2. The molecule has 2 aromatic rings. The minimum atomic E-state index is -0.657. The predicted molar refractivity (Wildman–Crippen MR) is 159 cm³/mol. The van der Waals surface area contributed by atoms with Crippen molar-refractivity contribution in [3.63, 3.8) is 0 Å². The van der Waals surface area contributed by atoms with Gasteiger partial charge in [-0.3, -0.25) is 14.6 Å². The monoisotopic (exact) mass is 591 g/mol. The molecule has 0 aromatic heterocycles. The number of nitrogens with zero attached hydrogens (tertiary/aromatic N) is 4. The van der Waals surface area contributed by atoms with Crippen molar-refractivity contribution in [2.45, 2.75) is 39.5 Å². The van der Waals surface area contributed by atoms with Crippen LogP contribution in [0.4, 0.5) is 16.2 Å². The average molecular weight is 593 g/mol. The molecule has 2 amide bonds. The summed E-state index contributed by atoms with van der Waals surface area (Å²) in [6.07, 6.45) is 2.29. The first-order valence-corrected chi connectivity index (χ1v) is 14.6. The fourth-order valence-corrected chi connectivity index (χ4v) is 5.41. The molecule has 0 atom stereocenters. The Kier molecular flexibility index (Phi) is 10.8. The van der Waals surface area contributed by atoms with Gasteiger partial charge in [-0.05, 0) is 55.5 Å². The summed E-state index contributed by atoms with van der Waals surface area (Å²) < 4.78 is 11.4. The van der Waals surface area contributed by atoms with Crippen molar-refractivity contribution in [3.05, 3.63) is 52.0 Å². The van der Waals surface area contributed by atoms with E-state index in [9.17, 15) is 9.59 Å².